The fourth-order valence-electron chi connectivity index (χ4n) is 4.46. The average molecular weight is 445 g/mol. The second kappa shape index (κ2) is 7.44. The molecule has 1 aliphatic carbocycles. The van der Waals surface area contributed by atoms with Gasteiger partial charge < -0.3 is 24.6 Å². The minimum Gasteiger partial charge on any atom is -0.478 e. The molecule has 0 aromatic heterocycles. The number of halogens is 2. The second-order valence-electron chi connectivity index (χ2n) is 8.36. The van der Waals surface area contributed by atoms with E-state index in [-0.39, 0.29) is 29.0 Å². The topological polar surface area (TPSA) is 94.1 Å². The van der Waals surface area contributed by atoms with E-state index in [0.29, 0.717) is 43.4 Å². The van der Waals surface area contributed by atoms with Gasteiger partial charge in [0.1, 0.15) is 0 Å². The highest BCUT2D eigenvalue weighted by Gasteiger charge is 2.53. The Morgan fingerprint density at radius 2 is 1.81 bits per heavy atom. The van der Waals surface area contributed by atoms with Crippen molar-refractivity contribution >= 4 is 11.9 Å². The van der Waals surface area contributed by atoms with Crippen molar-refractivity contribution in [3.63, 3.8) is 0 Å². The summed E-state index contributed by atoms with van der Waals surface area (Å²) in [6.45, 7) is 0.385. The van der Waals surface area contributed by atoms with Crippen LogP contribution in [0.25, 0.3) is 0 Å². The monoisotopic (exact) mass is 445 g/mol. The summed E-state index contributed by atoms with van der Waals surface area (Å²) in [5, 5.41) is 12.5. The van der Waals surface area contributed by atoms with Crippen molar-refractivity contribution in [2.24, 2.45) is 0 Å². The fraction of sp³-hybridized carbons (Fsp3) is 0.391. The Kier molecular flexibility index (Phi) is 4.81. The molecule has 2 heterocycles. The van der Waals surface area contributed by atoms with Crippen LogP contribution < -0.4 is 14.8 Å². The van der Waals surface area contributed by atoms with Crippen molar-refractivity contribution < 1.29 is 37.7 Å². The van der Waals surface area contributed by atoms with Crippen molar-refractivity contribution in [3.05, 3.63) is 59.2 Å². The van der Waals surface area contributed by atoms with E-state index in [4.69, 9.17) is 4.74 Å². The number of hydrogen-bond acceptors (Lipinski definition) is 5. The summed E-state index contributed by atoms with van der Waals surface area (Å²) in [5.41, 5.74) is 0.579. The summed E-state index contributed by atoms with van der Waals surface area (Å²) in [7, 11) is 0. The third kappa shape index (κ3) is 3.66. The van der Waals surface area contributed by atoms with Gasteiger partial charge in [-0.3, -0.25) is 4.79 Å². The largest absolute Gasteiger partial charge is 0.586 e. The van der Waals surface area contributed by atoms with Gasteiger partial charge in [0.2, 0.25) is 5.91 Å². The van der Waals surface area contributed by atoms with Crippen molar-refractivity contribution in [3.8, 4) is 11.5 Å². The summed E-state index contributed by atoms with van der Waals surface area (Å²) in [4.78, 5) is 24.7. The zero-order valence-corrected chi connectivity index (χ0v) is 17.0. The highest BCUT2D eigenvalue weighted by molar-refractivity contribution is 5.92. The molecule has 168 valence electrons. The van der Waals surface area contributed by atoms with E-state index >= 15 is 0 Å². The molecule has 0 bridgehead atoms. The third-order valence-electron chi connectivity index (χ3n) is 6.30. The number of fused-ring (bicyclic) bond motifs is 1. The number of hydrogen-bond donors (Lipinski definition) is 2. The first-order chi connectivity index (χ1) is 15.3. The quantitative estimate of drug-likeness (QED) is 0.728. The lowest BCUT2D eigenvalue weighted by molar-refractivity contribution is -0.286. The zero-order chi connectivity index (χ0) is 22.5. The van der Waals surface area contributed by atoms with Crippen LogP contribution in [0.1, 0.15) is 53.3 Å². The summed E-state index contributed by atoms with van der Waals surface area (Å²) >= 11 is 0. The Labute approximate surface area is 182 Å². The van der Waals surface area contributed by atoms with E-state index in [0.717, 1.165) is 0 Å². The molecule has 2 N–H and O–H groups in total. The van der Waals surface area contributed by atoms with Crippen LogP contribution in [0.3, 0.4) is 0 Å². The van der Waals surface area contributed by atoms with E-state index < -0.39 is 23.8 Å². The van der Waals surface area contributed by atoms with Crippen molar-refractivity contribution in [2.75, 3.05) is 6.61 Å². The van der Waals surface area contributed by atoms with Gasteiger partial charge >= 0.3 is 12.3 Å². The molecule has 2 aromatic carbocycles. The summed E-state index contributed by atoms with van der Waals surface area (Å²) in [5.74, 6) is -1.34. The standard InChI is InChI=1S/C23H21F2NO6/c24-23(25)31-17-6-5-13(11-19(17)32-23)22(8-9-22)21(29)26-14-7-10-30-18(12-14)15-3-1-2-4-16(15)20(27)28/h1-6,11,14,18H,7-10,12H2,(H,26,29)(H,27,28)/t14-,18+/m0/s1. The molecule has 0 unspecified atom stereocenters. The molecule has 5 rings (SSSR count). The van der Waals surface area contributed by atoms with Crippen LogP contribution in [0.4, 0.5) is 8.78 Å². The molecule has 0 radical (unpaired) electrons. The van der Waals surface area contributed by atoms with Gasteiger partial charge in [-0.1, -0.05) is 24.3 Å². The number of rotatable bonds is 5. The molecule has 1 saturated carbocycles. The first kappa shape index (κ1) is 20.7. The van der Waals surface area contributed by atoms with Gasteiger partial charge in [-0.25, -0.2) is 4.79 Å². The number of amides is 1. The maximum Gasteiger partial charge on any atom is 0.586 e. The molecule has 2 aliphatic heterocycles. The molecule has 0 spiro atoms. The summed E-state index contributed by atoms with van der Waals surface area (Å²) in [6.07, 6.45) is -1.90. The van der Waals surface area contributed by atoms with Gasteiger partial charge in [0, 0.05) is 12.6 Å². The SMILES string of the molecule is O=C(O)c1ccccc1[C@H]1C[C@@H](NC(=O)C2(c3ccc4c(c3)OC(F)(F)O4)CC2)CCO1. The fourth-order valence-corrected chi connectivity index (χ4v) is 4.46. The molecule has 2 fully saturated rings. The first-order valence-electron chi connectivity index (χ1n) is 10.4. The van der Waals surface area contributed by atoms with Crippen molar-refractivity contribution in [1.82, 2.24) is 5.32 Å². The van der Waals surface area contributed by atoms with Gasteiger partial charge in [0.05, 0.1) is 17.1 Å². The number of carboxylic acid groups (broad SMARTS) is 1. The van der Waals surface area contributed by atoms with Crippen LogP contribution in [-0.2, 0) is 14.9 Å². The molecule has 3 aliphatic rings. The van der Waals surface area contributed by atoms with Crippen LogP contribution in [0.5, 0.6) is 11.5 Å². The Morgan fingerprint density at radius 1 is 1.06 bits per heavy atom. The number of carbonyl (C=O) groups is 2. The third-order valence-corrected chi connectivity index (χ3v) is 6.30. The molecular weight excluding hydrogens is 424 g/mol. The highest BCUT2D eigenvalue weighted by atomic mass is 19.3. The maximum absolute atomic E-state index is 13.3. The smallest absolute Gasteiger partial charge is 0.478 e. The lowest BCUT2D eigenvalue weighted by Crippen LogP contribution is -2.44. The van der Waals surface area contributed by atoms with Gasteiger partial charge in [-0.2, -0.15) is 0 Å². The van der Waals surface area contributed by atoms with E-state index in [2.05, 4.69) is 14.8 Å². The molecule has 32 heavy (non-hydrogen) atoms. The van der Waals surface area contributed by atoms with Gasteiger partial charge in [-0.15, -0.1) is 8.78 Å². The zero-order valence-electron chi connectivity index (χ0n) is 17.0. The molecule has 2 atom stereocenters. The van der Waals surface area contributed by atoms with E-state index in [1.165, 1.54) is 18.2 Å². The predicted octanol–water partition coefficient (Wildman–Crippen LogP) is 3.77. The number of nitrogens with one attached hydrogen (secondary N) is 1. The van der Waals surface area contributed by atoms with Crippen molar-refractivity contribution in [1.29, 1.82) is 0 Å². The van der Waals surface area contributed by atoms with Gasteiger partial charge in [-0.05, 0) is 55.0 Å². The first-order valence-corrected chi connectivity index (χ1v) is 10.4. The number of ether oxygens (including phenoxy) is 3. The molecule has 7 nitrogen and oxygen atoms in total. The number of aromatic carboxylic acids is 1. The lowest BCUT2D eigenvalue weighted by Gasteiger charge is -2.32. The number of carbonyl (C=O) groups excluding carboxylic acids is 1. The van der Waals surface area contributed by atoms with Crippen LogP contribution in [0, 0.1) is 0 Å². The summed E-state index contributed by atoms with van der Waals surface area (Å²) in [6, 6.07) is 10.9. The Bertz CT molecular complexity index is 1080. The number of alkyl halides is 2. The summed E-state index contributed by atoms with van der Waals surface area (Å²) < 4.78 is 41.4. The minimum atomic E-state index is -3.71. The maximum atomic E-state index is 13.3. The van der Waals surface area contributed by atoms with Crippen LogP contribution >= 0.6 is 0 Å². The second-order valence-corrected chi connectivity index (χ2v) is 8.36. The van der Waals surface area contributed by atoms with Gasteiger partial charge in [0.25, 0.3) is 0 Å². The molecule has 1 amide bonds. The van der Waals surface area contributed by atoms with Crippen LogP contribution in [0.2, 0.25) is 0 Å². The Morgan fingerprint density at radius 3 is 2.56 bits per heavy atom. The lowest BCUT2D eigenvalue weighted by atomic mass is 9.91. The number of benzene rings is 2. The molecule has 9 heteroatoms. The van der Waals surface area contributed by atoms with E-state index in [1.807, 2.05) is 0 Å². The molecular formula is C23H21F2NO6. The molecule has 1 saturated heterocycles. The van der Waals surface area contributed by atoms with Crippen LogP contribution in [0.15, 0.2) is 42.5 Å². The molecule has 2 aromatic rings. The minimum absolute atomic E-state index is 0.0562. The van der Waals surface area contributed by atoms with E-state index in [9.17, 15) is 23.5 Å². The van der Waals surface area contributed by atoms with E-state index in [1.54, 1.807) is 24.3 Å². The number of carboxylic acids is 1. The average Bonchev–Trinajstić information content (AvgIpc) is 3.51. The Hall–Kier alpha value is -3.20. The highest BCUT2D eigenvalue weighted by Crippen LogP contribution is 2.52. The normalized spacial score (nSPS) is 24.6. The van der Waals surface area contributed by atoms with Gasteiger partial charge in [0.15, 0.2) is 11.5 Å². The van der Waals surface area contributed by atoms with Crippen molar-refractivity contribution in [2.45, 2.75) is 49.5 Å². The Balaban J connectivity index is 1.30. The predicted molar refractivity (Wildman–Crippen MR) is 107 cm³/mol. The van der Waals surface area contributed by atoms with Crippen LogP contribution in [-0.4, -0.2) is 35.9 Å².